The molecule has 0 bridgehead atoms. The Balaban J connectivity index is 1.79. The maximum atomic E-state index is 13.5. The van der Waals surface area contributed by atoms with Crippen LogP contribution >= 0.6 is 24.0 Å². The van der Waals surface area contributed by atoms with Gasteiger partial charge < -0.3 is 5.32 Å². The van der Waals surface area contributed by atoms with Crippen LogP contribution in [0.4, 0.5) is 5.82 Å². The fourth-order valence-corrected chi connectivity index (χ4v) is 5.71. The Bertz CT molecular complexity index is 1150. The van der Waals surface area contributed by atoms with Gasteiger partial charge in [0.1, 0.15) is 15.8 Å². The minimum absolute atomic E-state index is 0.0219. The molecule has 0 radical (unpaired) electrons. The van der Waals surface area contributed by atoms with Gasteiger partial charge in [-0.25, -0.2) is 4.98 Å². The number of pyridine rings is 1. The summed E-state index contributed by atoms with van der Waals surface area (Å²) in [5.41, 5.74) is 1.80. The fraction of sp³-hybridized carbons (Fsp3) is 0.500. The van der Waals surface area contributed by atoms with Crippen molar-refractivity contribution in [2.75, 3.05) is 5.32 Å². The van der Waals surface area contributed by atoms with Crippen LogP contribution in [0.25, 0.3) is 11.7 Å². The normalized spacial score (nSPS) is 23.9. The molecule has 0 aromatic carbocycles. The molecule has 2 aromatic heterocycles. The SMILES string of the molecule is CCC(C)N1C(=O)/C(=C\c2c(NC3CCC(C)CC3)nc3ccc(C)cn3c2=O)SC1=S. The summed E-state index contributed by atoms with van der Waals surface area (Å²) in [6.07, 6.45) is 8.69. The van der Waals surface area contributed by atoms with Gasteiger partial charge in [-0.3, -0.25) is 18.9 Å². The first-order valence-corrected chi connectivity index (χ1v) is 12.6. The highest BCUT2D eigenvalue weighted by Gasteiger charge is 2.35. The maximum Gasteiger partial charge on any atom is 0.267 e. The number of rotatable bonds is 5. The molecule has 3 heterocycles. The second kappa shape index (κ2) is 9.35. The number of thiocarbonyl (C=S) groups is 1. The smallest absolute Gasteiger partial charge is 0.267 e. The third-order valence-electron chi connectivity index (χ3n) is 6.49. The van der Waals surface area contributed by atoms with Gasteiger partial charge >= 0.3 is 0 Å². The van der Waals surface area contributed by atoms with Gasteiger partial charge in [0.05, 0.1) is 10.5 Å². The molecule has 1 N–H and O–H groups in total. The zero-order chi connectivity index (χ0) is 23.0. The molecular weight excluding hydrogens is 440 g/mol. The maximum absolute atomic E-state index is 13.5. The molecule has 1 amide bonds. The average molecular weight is 471 g/mol. The number of nitrogens with zero attached hydrogens (tertiary/aromatic N) is 3. The molecule has 4 rings (SSSR count). The van der Waals surface area contributed by atoms with Crippen molar-refractivity contribution in [1.29, 1.82) is 0 Å². The van der Waals surface area contributed by atoms with E-state index in [9.17, 15) is 9.59 Å². The van der Waals surface area contributed by atoms with Gasteiger partial charge in [-0.05, 0) is 69.6 Å². The molecule has 1 saturated heterocycles. The number of carbonyl (C=O) groups excluding carboxylic acids is 1. The van der Waals surface area contributed by atoms with Crippen LogP contribution in [0, 0.1) is 12.8 Å². The van der Waals surface area contributed by atoms with E-state index in [1.807, 2.05) is 32.9 Å². The predicted molar refractivity (Wildman–Crippen MR) is 136 cm³/mol. The van der Waals surface area contributed by atoms with Gasteiger partial charge in [0, 0.05) is 18.3 Å². The molecule has 170 valence electrons. The lowest BCUT2D eigenvalue weighted by Gasteiger charge is -2.27. The van der Waals surface area contributed by atoms with Gasteiger partial charge in [0.25, 0.3) is 11.5 Å². The van der Waals surface area contributed by atoms with E-state index in [1.54, 1.807) is 21.6 Å². The van der Waals surface area contributed by atoms with Crippen molar-refractivity contribution in [2.24, 2.45) is 5.92 Å². The summed E-state index contributed by atoms with van der Waals surface area (Å²) in [5, 5.41) is 3.53. The van der Waals surface area contributed by atoms with E-state index in [2.05, 4.69) is 12.2 Å². The highest BCUT2D eigenvalue weighted by molar-refractivity contribution is 8.26. The molecule has 1 saturated carbocycles. The van der Waals surface area contributed by atoms with Crippen LogP contribution in [0.15, 0.2) is 28.0 Å². The van der Waals surface area contributed by atoms with E-state index in [0.29, 0.717) is 26.3 Å². The predicted octanol–water partition coefficient (Wildman–Crippen LogP) is 4.99. The highest BCUT2D eigenvalue weighted by atomic mass is 32.2. The number of fused-ring (bicyclic) bond motifs is 1. The summed E-state index contributed by atoms with van der Waals surface area (Å²) >= 11 is 6.73. The Morgan fingerprint density at radius 3 is 2.69 bits per heavy atom. The van der Waals surface area contributed by atoms with Crippen LogP contribution in [0.5, 0.6) is 0 Å². The minimum Gasteiger partial charge on any atom is -0.367 e. The average Bonchev–Trinajstić information content (AvgIpc) is 3.05. The lowest BCUT2D eigenvalue weighted by Crippen LogP contribution is -2.36. The van der Waals surface area contributed by atoms with Crippen LogP contribution in [-0.4, -0.2) is 36.6 Å². The second-order valence-corrected chi connectivity index (χ2v) is 10.7. The Morgan fingerprint density at radius 2 is 2.00 bits per heavy atom. The highest BCUT2D eigenvalue weighted by Crippen LogP contribution is 2.35. The number of amides is 1. The third-order valence-corrected chi connectivity index (χ3v) is 7.82. The van der Waals surface area contributed by atoms with Crippen molar-refractivity contribution in [3.05, 3.63) is 44.7 Å². The number of aryl methyl sites for hydroxylation is 1. The summed E-state index contributed by atoms with van der Waals surface area (Å²) in [6, 6.07) is 4.10. The number of hydrogen-bond acceptors (Lipinski definition) is 6. The Hall–Kier alpha value is -2.19. The van der Waals surface area contributed by atoms with E-state index in [1.165, 1.54) is 11.8 Å². The van der Waals surface area contributed by atoms with E-state index in [0.717, 1.165) is 43.6 Å². The summed E-state index contributed by atoms with van der Waals surface area (Å²) in [6.45, 7) is 8.24. The van der Waals surface area contributed by atoms with Gasteiger partial charge in [0.15, 0.2) is 0 Å². The monoisotopic (exact) mass is 470 g/mol. The third kappa shape index (κ3) is 4.48. The zero-order valence-corrected chi connectivity index (χ0v) is 20.7. The van der Waals surface area contributed by atoms with Gasteiger partial charge in [-0.15, -0.1) is 0 Å². The topological polar surface area (TPSA) is 66.7 Å². The van der Waals surface area contributed by atoms with Gasteiger partial charge in [0.2, 0.25) is 0 Å². The van der Waals surface area contributed by atoms with Crippen LogP contribution in [0.1, 0.15) is 64.0 Å². The Morgan fingerprint density at radius 1 is 1.28 bits per heavy atom. The van der Waals surface area contributed by atoms with E-state index in [4.69, 9.17) is 17.2 Å². The van der Waals surface area contributed by atoms with E-state index in [-0.39, 0.29) is 23.6 Å². The standard InChI is InChI=1S/C24H30N4O2S2/c1-5-16(4)28-23(30)19(32-24(28)31)12-18-21(25-17-9-6-14(2)7-10-17)26-20-11-8-15(3)13-27(20)22(18)29/h8,11-14,16-17,25H,5-7,9-10H2,1-4H3/b19-12+. The van der Waals surface area contributed by atoms with Gasteiger partial charge in [-0.1, -0.05) is 43.9 Å². The first kappa shape index (κ1) is 23.0. The van der Waals surface area contributed by atoms with Crippen LogP contribution < -0.4 is 10.9 Å². The molecule has 0 spiro atoms. The summed E-state index contributed by atoms with van der Waals surface area (Å²) in [7, 11) is 0. The minimum atomic E-state index is -0.181. The summed E-state index contributed by atoms with van der Waals surface area (Å²) in [5.74, 6) is 1.14. The van der Waals surface area contributed by atoms with Crippen LogP contribution in [0.2, 0.25) is 0 Å². The van der Waals surface area contributed by atoms with Crippen LogP contribution in [0.3, 0.4) is 0 Å². The lowest BCUT2D eigenvalue weighted by molar-refractivity contribution is -0.123. The Labute approximate surface area is 198 Å². The molecule has 6 nitrogen and oxygen atoms in total. The number of anilines is 1. The summed E-state index contributed by atoms with van der Waals surface area (Å²) < 4.78 is 2.10. The molecule has 32 heavy (non-hydrogen) atoms. The molecular formula is C24H30N4O2S2. The van der Waals surface area contributed by atoms with Crippen molar-refractivity contribution in [1.82, 2.24) is 14.3 Å². The number of aromatic nitrogens is 2. The molecule has 1 aliphatic heterocycles. The van der Waals surface area contributed by atoms with E-state index < -0.39 is 0 Å². The lowest BCUT2D eigenvalue weighted by atomic mass is 9.87. The molecule has 1 unspecified atom stereocenters. The van der Waals surface area contributed by atoms with Crippen molar-refractivity contribution in [3.8, 4) is 0 Å². The van der Waals surface area contributed by atoms with E-state index >= 15 is 0 Å². The first-order valence-electron chi connectivity index (χ1n) is 11.3. The van der Waals surface area contributed by atoms with Gasteiger partial charge in [-0.2, -0.15) is 0 Å². The van der Waals surface area contributed by atoms with Crippen molar-refractivity contribution < 1.29 is 4.79 Å². The molecule has 2 fully saturated rings. The number of nitrogens with one attached hydrogen (secondary N) is 1. The molecule has 8 heteroatoms. The molecule has 1 aliphatic carbocycles. The fourth-order valence-electron chi connectivity index (χ4n) is 4.27. The number of hydrogen-bond donors (Lipinski definition) is 1. The van der Waals surface area contributed by atoms with Crippen molar-refractivity contribution in [2.45, 2.75) is 71.9 Å². The second-order valence-electron chi connectivity index (χ2n) is 9.02. The first-order chi connectivity index (χ1) is 15.3. The largest absolute Gasteiger partial charge is 0.367 e. The molecule has 1 atom stereocenters. The van der Waals surface area contributed by atoms with Crippen molar-refractivity contribution >= 4 is 51.7 Å². The summed E-state index contributed by atoms with van der Waals surface area (Å²) in [4.78, 5) is 33.5. The number of carbonyl (C=O) groups is 1. The van der Waals surface area contributed by atoms with Crippen LogP contribution in [-0.2, 0) is 4.79 Å². The number of thioether (sulfide) groups is 1. The Kier molecular flexibility index (Phi) is 6.72. The van der Waals surface area contributed by atoms with Crippen molar-refractivity contribution in [3.63, 3.8) is 0 Å². The quantitative estimate of drug-likeness (QED) is 0.490. The molecule has 2 aromatic rings. The zero-order valence-electron chi connectivity index (χ0n) is 19.1. The molecule has 2 aliphatic rings.